The zero-order chi connectivity index (χ0) is 21.8. The molecule has 3 aromatic carbocycles. The summed E-state index contributed by atoms with van der Waals surface area (Å²) in [6, 6.07) is 22.5. The number of carbonyl (C=O) groups excluding carboxylic acids is 2. The minimum Gasteiger partial charge on any atom is -0.508 e. The van der Waals surface area contributed by atoms with Crippen LogP contribution in [0.1, 0.15) is 16.7 Å². The van der Waals surface area contributed by atoms with E-state index in [1.807, 2.05) is 30.3 Å². The van der Waals surface area contributed by atoms with Crippen molar-refractivity contribution in [2.75, 3.05) is 0 Å². The predicted octanol–water partition coefficient (Wildman–Crippen LogP) is 3.95. The Bertz CT molecular complexity index is 1170. The Morgan fingerprint density at radius 2 is 1.68 bits per heavy atom. The molecular formula is C24H18ClN3O3. The first-order chi connectivity index (χ1) is 15.0. The van der Waals surface area contributed by atoms with Gasteiger partial charge in [-0.2, -0.15) is 5.01 Å². The summed E-state index contributed by atoms with van der Waals surface area (Å²) in [5, 5.41) is 11.2. The number of amidine groups is 1. The van der Waals surface area contributed by atoms with Gasteiger partial charge in [0.25, 0.3) is 5.91 Å². The lowest BCUT2D eigenvalue weighted by Gasteiger charge is -2.19. The first kappa shape index (κ1) is 20.4. The van der Waals surface area contributed by atoms with Gasteiger partial charge in [-0.3, -0.25) is 15.0 Å². The summed E-state index contributed by atoms with van der Waals surface area (Å²) in [7, 11) is 0. The number of hydrogen-bond donors (Lipinski definition) is 2. The molecule has 2 N–H and O–H groups in total. The summed E-state index contributed by atoms with van der Waals surface area (Å²) >= 11 is 5.89. The highest BCUT2D eigenvalue weighted by Crippen LogP contribution is 2.22. The lowest BCUT2D eigenvalue weighted by atomic mass is 10.1. The fourth-order valence-corrected chi connectivity index (χ4v) is 3.21. The third-order valence-electron chi connectivity index (χ3n) is 4.60. The summed E-state index contributed by atoms with van der Waals surface area (Å²) in [4.78, 5) is 30.2. The van der Waals surface area contributed by atoms with Gasteiger partial charge in [-0.05, 0) is 41.5 Å². The largest absolute Gasteiger partial charge is 0.508 e. The number of phenols is 1. The van der Waals surface area contributed by atoms with Crippen LogP contribution in [-0.2, 0) is 16.0 Å². The lowest BCUT2D eigenvalue weighted by molar-refractivity contribution is -0.133. The fourth-order valence-electron chi connectivity index (χ4n) is 3.08. The second-order valence-electron chi connectivity index (χ2n) is 6.90. The number of nitrogens with one attached hydrogen (secondary N) is 1. The number of aliphatic imine (C=N–C) groups is 1. The number of carbonyl (C=O) groups is 2. The predicted molar refractivity (Wildman–Crippen MR) is 119 cm³/mol. The summed E-state index contributed by atoms with van der Waals surface area (Å²) in [5.74, 6) is -0.342. The number of rotatable bonds is 5. The molecule has 0 aromatic heterocycles. The van der Waals surface area contributed by atoms with Crippen LogP contribution in [0.5, 0.6) is 5.75 Å². The van der Waals surface area contributed by atoms with Gasteiger partial charge in [-0.1, -0.05) is 66.2 Å². The minimum atomic E-state index is -0.448. The van der Waals surface area contributed by atoms with Crippen LogP contribution < -0.4 is 5.43 Å². The van der Waals surface area contributed by atoms with E-state index in [9.17, 15) is 14.7 Å². The van der Waals surface area contributed by atoms with Crippen LogP contribution in [0.2, 0.25) is 5.02 Å². The van der Waals surface area contributed by atoms with E-state index >= 15 is 0 Å². The average Bonchev–Trinajstić information content (AvgIpc) is 3.07. The van der Waals surface area contributed by atoms with E-state index < -0.39 is 5.91 Å². The maximum absolute atomic E-state index is 13.1. The summed E-state index contributed by atoms with van der Waals surface area (Å²) in [6.45, 7) is 0. The van der Waals surface area contributed by atoms with Crippen molar-refractivity contribution in [3.63, 3.8) is 0 Å². The first-order valence-electron chi connectivity index (χ1n) is 9.53. The molecule has 31 heavy (non-hydrogen) atoms. The van der Waals surface area contributed by atoms with E-state index in [4.69, 9.17) is 11.6 Å². The molecule has 0 saturated carbocycles. The molecule has 0 radical (unpaired) electrons. The molecule has 0 fully saturated rings. The molecule has 154 valence electrons. The number of benzene rings is 3. The van der Waals surface area contributed by atoms with Crippen LogP contribution in [0, 0.1) is 0 Å². The molecule has 1 aliphatic rings. The molecule has 0 aliphatic carbocycles. The third kappa shape index (κ3) is 4.82. The van der Waals surface area contributed by atoms with Gasteiger partial charge >= 0.3 is 0 Å². The van der Waals surface area contributed by atoms with Crippen LogP contribution in [-0.4, -0.2) is 27.8 Å². The highest BCUT2D eigenvalue weighted by molar-refractivity contribution is 6.30. The number of hydrogen-bond acceptors (Lipinski definition) is 4. The Hall–Kier alpha value is -3.90. The Balaban J connectivity index is 1.61. The van der Waals surface area contributed by atoms with Crippen LogP contribution in [0.15, 0.2) is 89.6 Å². The van der Waals surface area contributed by atoms with Gasteiger partial charge in [0.2, 0.25) is 5.91 Å². The van der Waals surface area contributed by atoms with Crippen LogP contribution in [0.3, 0.4) is 0 Å². The standard InChI is InChI=1S/C24H18ClN3O3/c25-19-10-6-17(7-11-19)15-22(30)27-28-23(18-4-2-1-3-5-18)26-21(24(28)31)14-16-8-12-20(29)13-9-16/h1-14,29H,15H2,(H,27,30)/b21-14-. The van der Waals surface area contributed by atoms with Gasteiger partial charge in [-0.15, -0.1) is 0 Å². The highest BCUT2D eigenvalue weighted by atomic mass is 35.5. The van der Waals surface area contributed by atoms with Crippen molar-refractivity contribution in [3.05, 3.63) is 106 Å². The maximum Gasteiger partial charge on any atom is 0.297 e. The Morgan fingerprint density at radius 1 is 1.00 bits per heavy atom. The topological polar surface area (TPSA) is 82.0 Å². The number of hydrazine groups is 1. The van der Waals surface area contributed by atoms with Crippen molar-refractivity contribution in [3.8, 4) is 5.75 Å². The molecule has 7 heteroatoms. The van der Waals surface area contributed by atoms with Crippen molar-refractivity contribution in [1.29, 1.82) is 0 Å². The smallest absolute Gasteiger partial charge is 0.297 e. The third-order valence-corrected chi connectivity index (χ3v) is 4.86. The lowest BCUT2D eigenvalue weighted by Crippen LogP contribution is -2.48. The molecule has 3 aromatic rings. The van der Waals surface area contributed by atoms with Crippen molar-refractivity contribution in [1.82, 2.24) is 10.4 Å². The van der Waals surface area contributed by atoms with Gasteiger partial charge in [0, 0.05) is 10.6 Å². The molecule has 1 aliphatic heterocycles. The second kappa shape index (κ2) is 8.85. The van der Waals surface area contributed by atoms with Crippen molar-refractivity contribution in [2.45, 2.75) is 6.42 Å². The van der Waals surface area contributed by atoms with Gasteiger partial charge < -0.3 is 5.11 Å². The van der Waals surface area contributed by atoms with E-state index in [-0.39, 0.29) is 23.8 Å². The fraction of sp³-hybridized carbons (Fsp3) is 0.0417. The molecule has 0 bridgehead atoms. The number of phenolic OH excluding ortho intramolecular Hbond substituents is 1. The van der Waals surface area contributed by atoms with Crippen LogP contribution in [0.4, 0.5) is 0 Å². The maximum atomic E-state index is 13.1. The van der Waals surface area contributed by atoms with E-state index in [1.165, 1.54) is 17.1 Å². The minimum absolute atomic E-state index is 0.0834. The SMILES string of the molecule is O=C(Cc1ccc(Cl)cc1)NN1C(=O)/C(=C/c2ccc(O)cc2)N=C1c1ccccc1. The molecule has 0 saturated heterocycles. The van der Waals surface area contributed by atoms with Crippen LogP contribution in [0.25, 0.3) is 6.08 Å². The zero-order valence-electron chi connectivity index (χ0n) is 16.3. The number of nitrogens with zero attached hydrogens (tertiary/aromatic N) is 2. The van der Waals surface area contributed by atoms with Gasteiger partial charge in [-0.25, -0.2) is 4.99 Å². The zero-order valence-corrected chi connectivity index (χ0v) is 17.1. The first-order valence-corrected chi connectivity index (χ1v) is 9.90. The Kier molecular flexibility index (Phi) is 5.82. The normalized spacial score (nSPS) is 14.6. The van der Waals surface area contributed by atoms with Crippen LogP contribution >= 0.6 is 11.6 Å². The molecule has 1 heterocycles. The summed E-state index contributed by atoms with van der Waals surface area (Å²) in [5.41, 5.74) is 5.00. The Morgan fingerprint density at radius 3 is 2.35 bits per heavy atom. The Labute approximate surface area is 184 Å². The van der Waals surface area contributed by atoms with Gasteiger partial charge in [0.15, 0.2) is 5.84 Å². The van der Waals surface area contributed by atoms with E-state index in [2.05, 4.69) is 10.4 Å². The van der Waals surface area contributed by atoms with E-state index in [0.29, 0.717) is 22.0 Å². The molecule has 0 atom stereocenters. The number of halogens is 1. The number of amides is 2. The highest BCUT2D eigenvalue weighted by Gasteiger charge is 2.32. The monoisotopic (exact) mass is 431 g/mol. The summed E-state index contributed by atoms with van der Waals surface area (Å²) in [6.07, 6.45) is 1.69. The molecule has 2 amide bonds. The van der Waals surface area contributed by atoms with Crippen molar-refractivity contribution >= 4 is 35.3 Å². The average molecular weight is 432 g/mol. The van der Waals surface area contributed by atoms with E-state index in [1.54, 1.807) is 42.5 Å². The number of aromatic hydroxyl groups is 1. The molecule has 4 rings (SSSR count). The molecule has 0 spiro atoms. The van der Waals surface area contributed by atoms with Gasteiger partial charge in [0.05, 0.1) is 6.42 Å². The van der Waals surface area contributed by atoms with E-state index in [0.717, 1.165) is 5.56 Å². The molecular weight excluding hydrogens is 414 g/mol. The second-order valence-corrected chi connectivity index (χ2v) is 7.34. The molecule has 0 unspecified atom stereocenters. The summed E-state index contributed by atoms with van der Waals surface area (Å²) < 4.78 is 0. The molecule has 6 nitrogen and oxygen atoms in total. The van der Waals surface area contributed by atoms with Gasteiger partial charge in [0.1, 0.15) is 11.4 Å². The van der Waals surface area contributed by atoms with Crippen molar-refractivity contribution in [2.24, 2.45) is 4.99 Å². The van der Waals surface area contributed by atoms with Crippen molar-refractivity contribution < 1.29 is 14.7 Å². The quantitative estimate of drug-likeness (QED) is 0.600.